The molecule has 240 valence electrons. The number of azide groups is 1. The van der Waals surface area contributed by atoms with Gasteiger partial charge in [0, 0.05) is 55.4 Å². The number of ketones is 2. The summed E-state index contributed by atoms with van der Waals surface area (Å²) in [4.78, 5) is 54.2. The third kappa shape index (κ3) is 9.91. The Kier molecular flexibility index (Phi) is 14.0. The van der Waals surface area contributed by atoms with E-state index < -0.39 is 53.9 Å². The van der Waals surface area contributed by atoms with E-state index in [1.165, 1.54) is 33.3 Å². The first-order valence-electron chi connectivity index (χ1n) is 14.2. The SMILES string of the molecule is CO[C@H]1/C=C\C=C(/C)C(=O)NC2=CC(=O)C(NCCN=[N+]=[N-])=C(C[C@@H](C)C[C@H](OC)[C@H](O)[C@@H](C)/C=C(\C)[C@@H]1OC(N)=O)C2=O. The van der Waals surface area contributed by atoms with Crippen molar-refractivity contribution in [2.45, 2.75) is 65.0 Å². The number of hydrogen-bond acceptors (Lipinski definition) is 10. The minimum atomic E-state index is -1.01. The summed E-state index contributed by atoms with van der Waals surface area (Å²) >= 11 is 0. The van der Waals surface area contributed by atoms with Crippen molar-refractivity contribution in [1.82, 2.24) is 10.6 Å². The molecule has 6 atom stereocenters. The molecule has 0 spiro atoms. The number of hydrogen-bond donors (Lipinski definition) is 4. The number of aliphatic hydroxyl groups is 1. The third-order valence-electron chi connectivity index (χ3n) is 7.37. The summed E-state index contributed by atoms with van der Waals surface area (Å²) in [5, 5.41) is 20.1. The van der Waals surface area contributed by atoms with Crippen LogP contribution in [0.4, 0.5) is 4.79 Å². The van der Waals surface area contributed by atoms with Crippen LogP contribution in [0.25, 0.3) is 10.4 Å². The summed E-state index contributed by atoms with van der Waals surface area (Å²) in [5.74, 6) is -2.40. The molecule has 14 nitrogen and oxygen atoms in total. The number of methoxy groups -OCH3 is 2. The topological polar surface area (TPSA) is 215 Å². The molecule has 1 aliphatic heterocycles. The smallest absolute Gasteiger partial charge is 0.405 e. The van der Waals surface area contributed by atoms with Crippen LogP contribution in [0.15, 0.2) is 63.6 Å². The summed E-state index contributed by atoms with van der Waals surface area (Å²) < 4.78 is 16.5. The molecule has 0 saturated carbocycles. The van der Waals surface area contributed by atoms with E-state index in [9.17, 15) is 24.3 Å². The lowest BCUT2D eigenvalue weighted by atomic mass is 9.85. The Labute approximate surface area is 256 Å². The molecule has 5 N–H and O–H groups in total. The number of aliphatic hydroxyl groups excluding tert-OH is 1. The minimum Gasteiger partial charge on any atom is -0.439 e. The second kappa shape index (κ2) is 17.2. The molecule has 2 rings (SSSR count). The Bertz CT molecular complexity index is 1310. The van der Waals surface area contributed by atoms with Crippen LogP contribution >= 0.6 is 0 Å². The van der Waals surface area contributed by atoms with E-state index in [4.69, 9.17) is 25.5 Å². The predicted octanol–water partition coefficient (Wildman–Crippen LogP) is 2.66. The van der Waals surface area contributed by atoms with Crippen LogP contribution in [-0.4, -0.2) is 80.4 Å². The van der Waals surface area contributed by atoms with Gasteiger partial charge in [-0.3, -0.25) is 14.4 Å². The number of rotatable bonds is 7. The summed E-state index contributed by atoms with van der Waals surface area (Å²) in [5.41, 5.74) is 14.7. The number of nitrogens with two attached hydrogens (primary N) is 1. The Morgan fingerprint density at radius 1 is 1.23 bits per heavy atom. The molecule has 2 aliphatic rings. The molecule has 0 fully saturated rings. The van der Waals surface area contributed by atoms with Gasteiger partial charge in [0.05, 0.1) is 23.6 Å². The maximum atomic E-state index is 13.6. The highest BCUT2D eigenvalue weighted by Gasteiger charge is 2.33. The van der Waals surface area contributed by atoms with Crippen molar-refractivity contribution in [1.29, 1.82) is 0 Å². The van der Waals surface area contributed by atoms with Crippen molar-refractivity contribution in [2.24, 2.45) is 22.7 Å². The molecular weight excluding hydrogens is 572 g/mol. The van der Waals surface area contributed by atoms with E-state index in [0.29, 0.717) is 12.0 Å². The van der Waals surface area contributed by atoms with Gasteiger partial charge in [-0.15, -0.1) is 0 Å². The van der Waals surface area contributed by atoms with Gasteiger partial charge >= 0.3 is 6.09 Å². The number of allylic oxidation sites excluding steroid dienone is 4. The molecule has 0 unspecified atom stereocenters. The van der Waals surface area contributed by atoms with Crippen LogP contribution in [0, 0.1) is 11.8 Å². The minimum absolute atomic E-state index is 0.0488. The van der Waals surface area contributed by atoms with Crippen molar-refractivity contribution in [3.63, 3.8) is 0 Å². The van der Waals surface area contributed by atoms with Crippen LogP contribution in [0.1, 0.15) is 40.5 Å². The molecule has 0 radical (unpaired) electrons. The lowest BCUT2D eigenvalue weighted by Crippen LogP contribution is -2.38. The number of primary amides is 1. The number of nitrogens with zero attached hydrogens (tertiary/aromatic N) is 3. The van der Waals surface area contributed by atoms with Crippen LogP contribution in [0.5, 0.6) is 0 Å². The summed E-state index contributed by atoms with van der Waals surface area (Å²) in [6.07, 6.45) is 3.40. The third-order valence-corrected chi connectivity index (χ3v) is 7.37. The molecule has 0 aromatic carbocycles. The Morgan fingerprint density at radius 3 is 2.55 bits per heavy atom. The first kappa shape index (κ1) is 36.0. The van der Waals surface area contributed by atoms with E-state index in [2.05, 4.69) is 20.7 Å². The fourth-order valence-electron chi connectivity index (χ4n) is 5.05. The highest BCUT2D eigenvalue weighted by molar-refractivity contribution is 6.23. The fourth-order valence-corrected chi connectivity index (χ4v) is 5.05. The first-order valence-corrected chi connectivity index (χ1v) is 14.2. The highest BCUT2D eigenvalue weighted by Crippen LogP contribution is 2.28. The van der Waals surface area contributed by atoms with E-state index in [0.717, 1.165) is 6.08 Å². The number of fused-ring (bicyclic) bond motifs is 2. The Morgan fingerprint density at radius 2 is 1.93 bits per heavy atom. The number of ether oxygens (including phenoxy) is 3. The van der Waals surface area contributed by atoms with Gasteiger partial charge in [0.1, 0.15) is 6.10 Å². The largest absolute Gasteiger partial charge is 0.439 e. The van der Waals surface area contributed by atoms with Crippen molar-refractivity contribution in [3.05, 3.63) is 68.9 Å². The molecule has 1 heterocycles. The quantitative estimate of drug-likeness (QED) is 0.0827. The fraction of sp³-hybridized carbons (Fsp3) is 0.533. The van der Waals surface area contributed by atoms with Gasteiger partial charge in [0.2, 0.25) is 11.6 Å². The Hall–Kier alpha value is -4.23. The second-order valence-corrected chi connectivity index (χ2v) is 10.8. The molecule has 14 heteroatoms. The first-order chi connectivity index (χ1) is 20.8. The van der Waals surface area contributed by atoms with E-state index in [-0.39, 0.29) is 48.0 Å². The molecule has 44 heavy (non-hydrogen) atoms. The lowest BCUT2D eigenvalue weighted by molar-refractivity contribution is -0.120. The van der Waals surface area contributed by atoms with Gasteiger partial charge in [-0.05, 0) is 43.7 Å². The van der Waals surface area contributed by atoms with Crippen LogP contribution in [-0.2, 0) is 28.6 Å². The standard InChI is InChI=1S/C30H42N6O8/c1-16-12-20-25(33-10-11-34-36-32)22(37)15-21(27(20)39)35-29(40)17(2)8-7-9-23(42-5)28(44-30(31)41)19(4)14-18(3)26(38)24(13-16)43-6/h7-9,14-16,18,23-24,26,28,33,38H,10-13H2,1-6H3,(H2,31,41)(H,35,40)/b9-7-,17-8+,19-14+/t16-,18+,23+,24+,26-,28+/m1/s1. The monoisotopic (exact) mass is 614 g/mol. The highest BCUT2D eigenvalue weighted by atomic mass is 16.6. The average molecular weight is 615 g/mol. The molecule has 0 aromatic heterocycles. The molecule has 2 amide bonds. The zero-order valence-corrected chi connectivity index (χ0v) is 25.9. The Balaban J connectivity index is 2.61. The second-order valence-electron chi connectivity index (χ2n) is 10.8. The number of carbonyl (C=O) groups excluding carboxylic acids is 4. The summed E-state index contributed by atoms with van der Waals surface area (Å²) in [7, 11) is 2.88. The van der Waals surface area contributed by atoms with Gasteiger partial charge in [-0.2, -0.15) is 0 Å². The van der Waals surface area contributed by atoms with Gasteiger partial charge < -0.3 is 35.7 Å². The molecule has 1 aliphatic carbocycles. The number of carbonyl (C=O) groups is 4. The number of amides is 2. The lowest BCUT2D eigenvalue weighted by Gasteiger charge is -2.30. The molecule has 2 bridgehead atoms. The van der Waals surface area contributed by atoms with Gasteiger partial charge in [-0.25, -0.2) is 4.79 Å². The number of Topliss-reactive ketones (excluding diaryl/α,β-unsaturated/α-hetero) is 1. The number of nitrogens with one attached hydrogen (secondary N) is 2. The maximum Gasteiger partial charge on any atom is 0.405 e. The van der Waals surface area contributed by atoms with Crippen LogP contribution in [0.3, 0.4) is 0 Å². The zero-order valence-electron chi connectivity index (χ0n) is 25.9. The van der Waals surface area contributed by atoms with Crippen molar-refractivity contribution in [3.8, 4) is 0 Å². The van der Waals surface area contributed by atoms with E-state index in [1.807, 2.05) is 6.92 Å². The van der Waals surface area contributed by atoms with Gasteiger partial charge in [0.25, 0.3) is 5.91 Å². The van der Waals surface area contributed by atoms with Crippen molar-refractivity contribution < 1.29 is 38.5 Å². The zero-order chi connectivity index (χ0) is 33.0. The average Bonchev–Trinajstić information content (AvgIpc) is 2.97. The van der Waals surface area contributed by atoms with Crippen molar-refractivity contribution >= 4 is 23.6 Å². The molecule has 0 aromatic rings. The summed E-state index contributed by atoms with van der Waals surface area (Å²) in [6, 6.07) is 0. The molecule has 0 saturated heterocycles. The van der Waals surface area contributed by atoms with Crippen LogP contribution < -0.4 is 16.4 Å². The van der Waals surface area contributed by atoms with E-state index >= 15 is 0 Å². The van der Waals surface area contributed by atoms with E-state index in [1.54, 1.807) is 26.0 Å². The molecular formula is C30H42N6O8. The van der Waals surface area contributed by atoms with Gasteiger partial charge in [-0.1, -0.05) is 43.3 Å². The van der Waals surface area contributed by atoms with Crippen LogP contribution in [0.2, 0.25) is 0 Å². The maximum absolute atomic E-state index is 13.6. The van der Waals surface area contributed by atoms with Gasteiger partial charge in [0.15, 0.2) is 6.10 Å². The van der Waals surface area contributed by atoms with Crippen molar-refractivity contribution in [2.75, 3.05) is 27.3 Å². The summed E-state index contributed by atoms with van der Waals surface area (Å²) in [6.45, 7) is 7.04. The predicted molar refractivity (Wildman–Crippen MR) is 162 cm³/mol. The normalized spacial score (nSPS) is 30.5.